The van der Waals surface area contributed by atoms with Crippen LogP contribution >= 0.6 is 11.8 Å². The summed E-state index contributed by atoms with van der Waals surface area (Å²) < 4.78 is 0. The van der Waals surface area contributed by atoms with Crippen LogP contribution in [0.3, 0.4) is 0 Å². The molecule has 0 aliphatic carbocycles. The predicted octanol–water partition coefficient (Wildman–Crippen LogP) is 4.48. The molecule has 1 aliphatic rings. The molecule has 4 rings (SSSR count). The number of hydrogen-bond donors (Lipinski definition) is 0. The minimum Gasteiger partial charge on any atom is -0.363 e. The third-order valence-electron chi connectivity index (χ3n) is 3.76. The van der Waals surface area contributed by atoms with Crippen LogP contribution in [0.2, 0.25) is 0 Å². The third-order valence-corrected chi connectivity index (χ3v) is 4.89. The van der Waals surface area contributed by atoms with E-state index in [1.165, 1.54) is 9.79 Å². The lowest BCUT2D eigenvalue weighted by molar-refractivity contribution is 1.02. The Labute approximate surface area is 139 Å². The van der Waals surface area contributed by atoms with Crippen molar-refractivity contribution >= 4 is 34.8 Å². The van der Waals surface area contributed by atoms with Crippen molar-refractivity contribution in [3.8, 4) is 0 Å². The van der Waals surface area contributed by atoms with Crippen molar-refractivity contribution in [2.24, 2.45) is 0 Å². The maximum absolute atomic E-state index is 4.52. The van der Waals surface area contributed by atoms with Crippen LogP contribution in [0.15, 0.2) is 70.7 Å². The molecule has 0 saturated heterocycles. The number of aromatic nitrogens is 2. The number of rotatable bonds is 2. The van der Waals surface area contributed by atoms with E-state index in [0.29, 0.717) is 0 Å². The molecule has 5 heteroatoms. The van der Waals surface area contributed by atoms with Crippen molar-refractivity contribution in [2.75, 3.05) is 23.9 Å². The van der Waals surface area contributed by atoms with E-state index in [-0.39, 0.29) is 0 Å². The first-order valence-electron chi connectivity index (χ1n) is 7.39. The summed E-state index contributed by atoms with van der Waals surface area (Å²) >= 11 is 1.80. The van der Waals surface area contributed by atoms with E-state index in [1.54, 1.807) is 18.1 Å². The molecule has 23 heavy (non-hydrogen) atoms. The molecule has 0 unspecified atom stereocenters. The van der Waals surface area contributed by atoms with Crippen molar-refractivity contribution in [1.29, 1.82) is 0 Å². The van der Waals surface area contributed by atoms with Crippen LogP contribution in [-0.2, 0) is 0 Å². The average Bonchev–Trinajstić information content (AvgIpc) is 2.59. The van der Waals surface area contributed by atoms with Crippen molar-refractivity contribution in [2.45, 2.75) is 9.79 Å². The van der Waals surface area contributed by atoms with Crippen LogP contribution in [0.4, 0.5) is 23.0 Å². The smallest absolute Gasteiger partial charge is 0.143 e. The molecule has 0 spiro atoms. The first-order valence-corrected chi connectivity index (χ1v) is 8.21. The average molecular weight is 320 g/mol. The largest absolute Gasteiger partial charge is 0.363 e. The third kappa shape index (κ3) is 2.43. The lowest BCUT2D eigenvalue weighted by Gasteiger charge is -2.32. The number of benzene rings is 2. The second-order valence-corrected chi connectivity index (χ2v) is 6.59. The van der Waals surface area contributed by atoms with Gasteiger partial charge in [0, 0.05) is 30.0 Å². The molecule has 114 valence electrons. The summed E-state index contributed by atoms with van der Waals surface area (Å²) in [7, 11) is 3.97. The zero-order chi connectivity index (χ0) is 15.8. The predicted molar refractivity (Wildman–Crippen MR) is 95.2 cm³/mol. The van der Waals surface area contributed by atoms with E-state index in [1.807, 2.05) is 25.1 Å². The lowest BCUT2D eigenvalue weighted by atomic mass is 10.2. The first-order chi connectivity index (χ1) is 11.2. The van der Waals surface area contributed by atoms with Gasteiger partial charge in [-0.25, -0.2) is 9.97 Å². The summed E-state index contributed by atoms with van der Waals surface area (Å²) in [5.41, 5.74) is 2.30. The minimum absolute atomic E-state index is 0.879. The second kappa shape index (κ2) is 5.59. The SMILES string of the molecule is CN(C)c1cc(N2c3ccccc3Sc3ccccc32)ncn1. The molecular weight excluding hydrogens is 304 g/mol. The normalized spacial score (nSPS) is 12.5. The molecule has 0 bridgehead atoms. The molecule has 0 atom stereocenters. The molecule has 2 heterocycles. The number of fused-ring (bicyclic) bond motifs is 2. The molecule has 0 N–H and O–H groups in total. The number of hydrogen-bond acceptors (Lipinski definition) is 5. The molecule has 1 aromatic heterocycles. The van der Waals surface area contributed by atoms with Gasteiger partial charge in [0.15, 0.2) is 0 Å². The summed E-state index contributed by atoms with van der Waals surface area (Å²) in [6.07, 6.45) is 1.62. The molecule has 4 nitrogen and oxygen atoms in total. The Kier molecular flexibility index (Phi) is 3.42. The van der Waals surface area contributed by atoms with Gasteiger partial charge in [-0.15, -0.1) is 0 Å². The summed E-state index contributed by atoms with van der Waals surface area (Å²) in [4.78, 5) is 15.5. The van der Waals surface area contributed by atoms with E-state index in [4.69, 9.17) is 0 Å². The van der Waals surface area contributed by atoms with Crippen molar-refractivity contribution < 1.29 is 0 Å². The van der Waals surface area contributed by atoms with E-state index in [0.717, 1.165) is 23.0 Å². The fourth-order valence-electron chi connectivity index (χ4n) is 2.66. The Morgan fingerprint density at radius 3 is 2.09 bits per heavy atom. The molecule has 0 saturated carbocycles. The summed E-state index contributed by atoms with van der Waals surface area (Å²) in [6, 6.07) is 18.9. The van der Waals surface area contributed by atoms with Gasteiger partial charge in [0.05, 0.1) is 11.4 Å². The van der Waals surface area contributed by atoms with E-state index >= 15 is 0 Å². The maximum Gasteiger partial charge on any atom is 0.143 e. The van der Waals surface area contributed by atoms with Gasteiger partial charge < -0.3 is 4.90 Å². The number of anilines is 4. The quantitative estimate of drug-likeness (QED) is 0.544. The molecule has 3 aromatic rings. The fraction of sp³-hybridized carbons (Fsp3) is 0.111. The lowest BCUT2D eigenvalue weighted by Crippen LogP contribution is -2.17. The standard InChI is InChI=1S/C18H16N4S/c1-21(2)17-11-18(20-12-19-17)22-13-7-3-5-9-15(13)23-16-10-6-4-8-14(16)22/h3-12H,1-2H3. The molecule has 0 radical (unpaired) electrons. The van der Waals surface area contributed by atoms with Crippen molar-refractivity contribution in [3.05, 3.63) is 60.9 Å². The van der Waals surface area contributed by atoms with Crippen LogP contribution in [0.5, 0.6) is 0 Å². The summed E-state index contributed by atoms with van der Waals surface area (Å²) in [6.45, 7) is 0. The van der Waals surface area contributed by atoms with E-state index < -0.39 is 0 Å². The van der Waals surface area contributed by atoms with E-state index in [9.17, 15) is 0 Å². The summed E-state index contributed by atoms with van der Waals surface area (Å²) in [5.74, 6) is 1.77. The molecule has 0 amide bonds. The first kappa shape index (κ1) is 14.1. The van der Waals surface area contributed by atoms with Crippen LogP contribution in [0.1, 0.15) is 0 Å². The molecule has 0 fully saturated rings. The highest BCUT2D eigenvalue weighted by Gasteiger charge is 2.25. The monoisotopic (exact) mass is 320 g/mol. The van der Waals surface area contributed by atoms with Gasteiger partial charge in [0.1, 0.15) is 18.0 Å². The Morgan fingerprint density at radius 2 is 1.48 bits per heavy atom. The Balaban J connectivity index is 1.93. The zero-order valence-electron chi connectivity index (χ0n) is 13.0. The fourth-order valence-corrected chi connectivity index (χ4v) is 3.71. The van der Waals surface area contributed by atoms with Gasteiger partial charge in [-0.05, 0) is 24.3 Å². The Bertz CT molecular complexity index is 817. The Morgan fingerprint density at radius 1 is 0.870 bits per heavy atom. The van der Waals surface area contributed by atoms with Gasteiger partial charge in [-0.3, -0.25) is 4.90 Å². The highest BCUT2D eigenvalue weighted by molar-refractivity contribution is 7.99. The zero-order valence-corrected chi connectivity index (χ0v) is 13.8. The van der Waals surface area contributed by atoms with Crippen molar-refractivity contribution in [1.82, 2.24) is 9.97 Å². The molecule has 2 aromatic carbocycles. The van der Waals surface area contributed by atoms with Gasteiger partial charge in [-0.2, -0.15) is 0 Å². The molecular formula is C18H16N4S. The number of para-hydroxylation sites is 2. The summed E-state index contributed by atoms with van der Waals surface area (Å²) in [5, 5.41) is 0. The Hall–Kier alpha value is -2.53. The van der Waals surface area contributed by atoms with Crippen LogP contribution in [0, 0.1) is 0 Å². The minimum atomic E-state index is 0.879. The van der Waals surface area contributed by atoms with E-state index in [2.05, 4.69) is 63.4 Å². The van der Waals surface area contributed by atoms with Gasteiger partial charge in [0.2, 0.25) is 0 Å². The topological polar surface area (TPSA) is 32.3 Å². The van der Waals surface area contributed by atoms with Gasteiger partial charge in [0.25, 0.3) is 0 Å². The van der Waals surface area contributed by atoms with Crippen LogP contribution in [0.25, 0.3) is 0 Å². The number of nitrogens with zero attached hydrogens (tertiary/aromatic N) is 4. The second-order valence-electron chi connectivity index (χ2n) is 5.50. The van der Waals surface area contributed by atoms with Gasteiger partial charge in [-0.1, -0.05) is 36.0 Å². The highest BCUT2D eigenvalue weighted by atomic mass is 32.2. The highest BCUT2D eigenvalue weighted by Crippen LogP contribution is 2.50. The molecule has 1 aliphatic heterocycles. The van der Waals surface area contributed by atoms with Crippen molar-refractivity contribution in [3.63, 3.8) is 0 Å². The van der Waals surface area contributed by atoms with Gasteiger partial charge >= 0.3 is 0 Å². The van der Waals surface area contributed by atoms with Crippen LogP contribution < -0.4 is 9.80 Å². The van der Waals surface area contributed by atoms with Crippen LogP contribution in [-0.4, -0.2) is 24.1 Å². The maximum atomic E-state index is 4.52.